The first kappa shape index (κ1) is 37.2. The number of carbonyl (C=O) groups is 2. The molecular formula is C40H34Cl2N4O6. The molecule has 264 valence electrons. The first-order valence-corrected chi connectivity index (χ1v) is 16.6. The summed E-state index contributed by atoms with van der Waals surface area (Å²) < 4.78 is 22.2. The first-order valence-electron chi connectivity index (χ1n) is 15.9. The van der Waals surface area contributed by atoms with Crippen LogP contribution in [0.5, 0.6) is 23.0 Å². The van der Waals surface area contributed by atoms with Crippen LogP contribution in [-0.4, -0.2) is 36.0 Å². The number of anilines is 2. The summed E-state index contributed by atoms with van der Waals surface area (Å²) in [5.74, 6) is 1.39. The average molecular weight is 738 g/mol. The van der Waals surface area contributed by atoms with Crippen molar-refractivity contribution in [1.82, 2.24) is 9.97 Å². The van der Waals surface area contributed by atoms with Crippen LogP contribution < -0.4 is 29.6 Å². The molecule has 6 rings (SSSR count). The van der Waals surface area contributed by atoms with Gasteiger partial charge in [-0.15, -0.1) is 0 Å². The molecule has 0 fully saturated rings. The van der Waals surface area contributed by atoms with E-state index in [1.807, 2.05) is 36.4 Å². The van der Waals surface area contributed by atoms with Gasteiger partial charge in [0.2, 0.25) is 0 Å². The lowest BCUT2D eigenvalue weighted by Gasteiger charge is -2.14. The largest absolute Gasteiger partial charge is 0.497 e. The Kier molecular flexibility index (Phi) is 13.4. The minimum absolute atomic E-state index is 0.236. The van der Waals surface area contributed by atoms with Gasteiger partial charge in [-0.1, -0.05) is 59.6 Å². The van der Waals surface area contributed by atoms with E-state index >= 15 is 0 Å². The monoisotopic (exact) mass is 736 g/mol. The Morgan fingerprint density at radius 3 is 1.60 bits per heavy atom. The van der Waals surface area contributed by atoms with Crippen molar-refractivity contribution in [2.45, 2.75) is 13.2 Å². The van der Waals surface area contributed by atoms with Crippen LogP contribution in [-0.2, 0) is 13.2 Å². The van der Waals surface area contributed by atoms with Gasteiger partial charge in [-0.25, -0.2) is 0 Å². The topological polar surface area (TPSA) is 121 Å². The molecule has 0 saturated heterocycles. The number of pyridine rings is 2. The Labute approximate surface area is 311 Å². The van der Waals surface area contributed by atoms with Gasteiger partial charge in [-0.3, -0.25) is 19.6 Å². The molecule has 2 heterocycles. The number of benzene rings is 4. The smallest absolute Gasteiger partial charge is 0.259 e. The maximum absolute atomic E-state index is 12.7. The number of rotatable bonds is 12. The van der Waals surface area contributed by atoms with E-state index in [-0.39, 0.29) is 25.0 Å². The quantitative estimate of drug-likeness (QED) is 0.128. The molecule has 0 aliphatic rings. The highest BCUT2D eigenvalue weighted by atomic mass is 35.5. The van der Waals surface area contributed by atoms with Gasteiger partial charge in [-0.2, -0.15) is 0 Å². The molecule has 0 atom stereocenters. The van der Waals surface area contributed by atoms with Gasteiger partial charge in [0.05, 0.1) is 49.1 Å². The molecule has 6 aromatic rings. The zero-order chi connectivity index (χ0) is 36.7. The third-order valence-corrected chi connectivity index (χ3v) is 8.12. The summed E-state index contributed by atoms with van der Waals surface area (Å²) in [6.07, 6.45) is 6.43. The fourth-order valence-corrected chi connectivity index (χ4v) is 5.07. The lowest BCUT2D eigenvalue weighted by molar-refractivity contribution is 0.101. The van der Waals surface area contributed by atoms with Gasteiger partial charge in [0.15, 0.2) is 0 Å². The van der Waals surface area contributed by atoms with Crippen molar-refractivity contribution < 1.29 is 28.5 Å². The number of aromatic nitrogens is 2. The predicted molar refractivity (Wildman–Crippen MR) is 202 cm³/mol. The number of ether oxygens (including phenoxy) is 4. The Bertz CT molecular complexity index is 2100. The minimum Gasteiger partial charge on any atom is -0.497 e. The van der Waals surface area contributed by atoms with Crippen LogP contribution in [0.2, 0.25) is 10.0 Å². The highest BCUT2D eigenvalue weighted by Gasteiger charge is 2.17. The highest BCUT2D eigenvalue weighted by molar-refractivity contribution is 6.31. The lowest BCUT2D eigenvalue weighted by Crippen LogP contribution is -2.14. The molecule has 4 aromatic carbocycles. The van der Waals surface area contributed by atoms with Crippen molar-refractivity contribution in [3.8, 4) is 23.0 Å². The summed E-state index contributed by atoms with van der Waals surface area (Å²) in [7, 11) is 3.10. The van der Waals surface area contributed by atoms with Gasteiger partial charge in [-0.05, 0) is 66.7 Å². The number of amides is 2. The number of halogens is 2. The molecule has 0 spiro atoms. The van der Waals surface area contributed by atoms with E-state index in [0.717, 1.165) is 11.1 Å². The molecule has 2 amide bonds. The zero-order valence-electron chi connectivity index (χ0n) is 28.2. The first-order chi connectivity index (χ1) is 25.3. The number of nitrogens with one attached hydrogen (secondary N) is 2. The second kappa shape index (κ2) is 18.8. The minimum atomic E-state index is -0.314. The normalized spacial score (nSPS) is 10.2. The van der Waals surface area contributed by atoms with E-state index < -0.39 is 0 Å². The van der Waals surface area contributed by atoms with E-state index in [9.17, 15) is 9.59 Å². The van der Waals surface area contributed by atoms with Gasteiger partial charge < -0.3 is 29.6 Å². The molecule has 0 bridgehead atoms. The summed E-state index contributed by atoms with van der Waals surface area (Å²) in [6, 6.07) is 31.9. The molecular weight excluding hydrogens is 703 g/mol. The molecule has 0 unspecified atom stereocenters. The van der Waals surface area contributed by atoms with E-state index in [1.54, 1.807) is 112 Å². The Hall–Kier alpha value is -6.10. The van der Waals surface area contributed by atoms with Gasteiger partial charge in [0.25, 0.3) is 11.8 Å². The number of hydrogen-bond acceptors (Lipinski definition) is 8. The predicted octanol–water partition coefficient (Wildman–Crippen LogP) is 9.15. The van der Waals surface area contributed by atoms with Gasteiger partial charge in [0, 0.05) is 39.6 Å². The summed E-state index contributed by atoms with van der Waals surface area (Å²) in [6.45, 7) is 0.485. The number of methoxy groups -OCH3 is 2. The molecule has 52 heavy (non-hydrogen) atoms. The van der Waals surface area contributed by atoms with Gasteiger partial charge in [0.1, 0.15) is 36.2 Å². The highest BCUT2D eigenvalue weighted by Crippen LogP contribution is 2.29. The molecule has 0 saturated carbocycles. The zero-order valence-corrected chi connectivity index (χ0v) is 29.7. The summed E-state index contributed by atoms with van der Waals surface area (Å²) in [5.41, 5.74) is 3.61. The number of hydrogen-bond donors (Lipinski definition) is 2. The third-order valence-electron chi connectivity index (χ3n) is 7.39. The van der Waals surface area contributed by atoms with Crippen LogP contribution in [0.25, 0.3) is 0 Å². The fraction of sp³-hybridized carbons (Fsp3) is 0.100. The van der Waals surface area contributed by atoms with E-state index in [0.29, 0.717) is 55.5 Å². The van der Waals surface area contributed by atoms with Crippen molar-refractivity contribution in [3.05, 3.63) is 166 Å². The van der Waals surface area contributed by atoms with Gasteiger partial charge >= 0.3 is 0 Å². The maximum Gasteiger partial charge on any atom is 0.259 e. The van der Waals surface area contributed by atoms with Crippen molar-refractivity contribution in [3.63, 3.8) is 0 Å². The van der Waals surface area contributed by atoms with Crippen LogP contribution >= 0.6 is 23.2 Å². The number of nitrogens with zero attached hydrogens (tertiary/aromatic N) is 2. The summed E-state index contributed by atoms with van der Waals surface area (Å²) in [5, 5.41) is 6.82. The van der Waals surface area contributed by atoms with E-state index in [2.05, 4.69) is 20.6 Å². The van der Waals surface area contributed by atoms with E-state index in [1.165, 1.54) is 0 Å². The average Bonchev–Trinajstić information content (AvgIpc) is 3.18. The molecule has 2 aromatic heterocycles. The molecule has 0 aliphatic carbocycles. The summed E-state index contributed by atoms with van der Waals surface area (Å²) >= 11 is 12.3. The van der Waals surface area contributed by atoms with Crippen LogP contribution in [0, 0.1) is 0 Å². The Balaban J connectivity index is 0.000000201. The molecule has 2 N–H and O–H groups in total. The van der Waals surface area contributed by atoms with Crippen LogP contribution in [0.15, 0.2) is 134 Å². The van der Waals surface area contributed by atoms with Crippen molar-refractivity contribution in [2.24, 2.45) is 0 Å². The van der Waals surface area contributed by atoms with Crippen molar-refractivity contribution in [1.29, 1.82) is 0 Å². The SMILES string of the molecule is COc1ccc(C(=O)Nc2cccnc2)c(OCc2ccccc2Cl)c1.COc1ccc(OCc2ccccc2Cl)c(C(=O)Nc2cccnc2)c1. The van der Waals surface area contributed by atoms with Crippen molar-refractivity contribution in [2.75, 3.05) is 24.9 Å². The number of carbonyl (C=O) groups excluding carboxylic acids is 2. The molecule has 10 nitrogen and oxygen atoms in total. The maximum atomic E-state index is 12.7. The molecule has 0 radical (unpaired) electrons. The lowest BCUT2D eigenvalue weighted by atomic mass is 10.1. The third kappa shape index (κ3) is 10.5. The molecule has 12 heteroatoms. The second-order valence-electron chi connectivity index (χ2n) is 10.9. The van der Waals surface area contributed by atoms with Crippen LogP contribution in [0.4, 0.5) is 11.4 Å². The molecule has 0 aliphatic heterocycles. The summed E-state index contributed by atoms with van der Waals surface area (Å²) in [4.78, 5) is 33.3. The second-order valence-corrected chi connectivity index (χ2v) is 11.7. The van der Waals surface area contributed by atoms with Crippen LogP contribution in [0.1, 0.15) is 31.8 Å². The Morgan fingerprint density at radius 2 is 1.08 bits per heavy atom. The Morgan fingerprint density at radius 1 is 0.577 bits per heavy atom. The van der Waals surface area contributed by atoms with Crippen molar-refractivity contribution >= 4 is 46.4 Å². The van der Waals surface area contributed by atoms with Crippen LogP contribution in [0.3, 0.4) is 0 Å². The van der Waals surface area contributed by atoms with E-state index in [4.69, 9.17) is 42.1 Å². The fourth-order valence-electron chi connectivity index (χ4n) is 4.69. The standard InChI is InChI=1S/2C20H17ClN2O3/c1-25-16-8-9-19(26-13-14-5-2-3-7-18(14)21)17(11-16)20(24)23-15-6-4-10-22-12-15;1-25-16-8-9-17(20(24)23-15-6-4-10-22-12-15)19(11-16)26-13-14-5-2-3-7-18(14)21/h2*2-12H,13H2,1H3,(H,23,24).